The molecule has 0 radical (unpaired) electrons. The third kappa shape index (κ3) is 4.49. The van der Waals surface area contributed by atoms with E-state index in [-0.39, 0.29) is 18.3 Å². The second kappa shape index (κ2) is 9.09. The first kappa shape index (κ1) is 20.7. The van der Waals surface area contributed by atoms with Gasteiger partial charge in [-0.25, -0.2) is 4.79 Å². The first-order valence-corrected chi connectivity index (χ1v) is 10.3. The number of amides is 1. The molecular weight excluding hydrogens is 396 g/mol. The molecule has 0 unspecified atom stereocenters. The summed E-state index contributed by atoms with van der Waals surface area (Å²) in [5.41, 5.74) is 0.592. The fourth-order valence-corrected chi connectivity index (χ4v) is 3.59. The maximum absolute atomic E-state index is 13.2. The summed E-state index contributed by atoms with van der Waals surface area (Å²) in [6, 6.07) is 16.2. The third-order valence-corrected chi connectivity index (χ3v) is 5.38. The normalized spacial score (nSPS) is 15.7. The molecule has 0 bridgehead atoms. The monoisotopic (exact) mass is 420 g/mol. The van der Waals surface area contributed by atoms with Crippen LogP contribution in [0.25, 0.3) is 5.69 Å². The molecule has 0 saturated carbocycles. The number of hydrogen-bond acceptors (Lipinski definition) is 5. The highest BCUT2D eigenvalue weighted by Crippen LogP contribution is 2.11. The number of para-hydroxylation sites is 1. The molecular formula is C23H24N4O4. The molecule has 1 fully saturated rings. The standard InChI is InChI=1S/C23H24N4O4/c1-16-8-5-6-9-17(16)15-26-22(29)20(21(28)24-14-19-12-7-13-31-19)25-27(23(26)30)18-10-3-2-4-11-18/h2-6,8-11,19H,7,12-15H2,1H3,(H,24,28)/t19-/m1/s1. The van der Waals surface area contributed by atoms with Crippen LogP contribution >= 0.6 is 0 Å². The van der Waals surface area contributed by atoms with E-state index in [0.717, 1.165) is 33.2 Å². The quantitative estimate of drug-likeness (QED) is 0.654. The van der Waals surface area contributed by atoms with Gasteiger partial charge in [0.1, 0.15) is 0 Å². The molecule has 3 aromatic rings. The van der Waals surface area contributed by atoms with Gasteiger partial charge in [0.25, 0.3) is 11.5 Å². The molecule has 8 nitrogen and oxygen atoms in total. The van der Waals surface area contributed by atoms with Gasteiger partial charge in [0.15, 0.2) is 0 Å². The summed E-state index contributed by atoms with van der Waals surface area (Å²) in [6.07, 6.45) is 1.73. The molecule has 4 rings (SSSR count). The van der Waals surface area contributed by atoms with E-state index in [0.29, 0.717) is 18.8 Å². The van der Waals surface area contributed by atoms with Crippen LogP contribution in [0.3, 0.4) is 0 Å². The number of carbonyl (C=O) groups is 1. The molecule has 1 aliphatic rings. The Labute approximate surface area is 179 Å². The van der Waals surface area contributed by atoms with E-state index >= 15 is 0 Å². The van der Waals surface area contributed by atoms with Crippen LogP contribution in [-0.2, 0) is 11.3 Å². The minimum Gasteiger partial charge on any atom is -0.376 e. The lowest BCUT2D eigenvalue weighted by molar-refractivity contribution is 0.0849. The van der Waals surface area contributed by atoms with Crippen molar-refractivity contribution in [1.29, 1.82) is 0 Å². The number of rotatable bonds is 6. The van der Waals surface area contributed by atoms with Crippen LogP contribution < -0.4 is 16.6 Å². The Bertz CT molecular complexity index is 1190. The van der Waals surface area contributed by atoms with Crippen LogP contribution in [0.4, 0.5) is 0 Å². The Morgan fingerprint density at radius 3 is 2.58 bits per heavy atom. The van der Waals surface area contributed by atoms with Crippen molar-refractivity contribution in [2.24, 2.45) is 0 Å². The molecule has 1 saturated heterocycles. The van der Waals surface area contributed by atoms with E-state index in [2.05, 4.69) is 10.4 Å². The lowest BCUT2D eigenvalue weighted by atomic mass is 10.1. The van der Waals surface area contributed by atoms with Gasteiger partial charge in [-0.15, -0.1) is 0 Å². The Morgan fingerprint density at radius 2 is 1.87 bits per heavy atom. The molecule has 2 aromatic carbocycles. The molecule has 1 amide bonds. The number of hydrogen-bond donors (Lipinski definition) is 1. The maximum Gasteiger partial charge on any atom is 0.352 e. The maximum atomic E-state index is 13.2. The predicted octanol–water partition coefficient (Wildman–Crippen LogP) is 1.66. The second-order valence-electron chi connectivity index (χ2n) is 7.54. The highest BCUT2D eigenvalue weighted by molar-refractivity contribution is 5.91. The topological polar surface area (TPSA) is 95.2 Å². The zero-order valence-electron chi connectivity index (χ0n) is 17.3. The van der Waals surface area contributed by atoms with Crippen molar-refractivity contribution in [1.82, 2.24) is 19.7 Å². The second-order valence-corrected chi connectivity index (χ2v) is 7.54. The van der Waals surface area contributed by atoms with Crippen LogP contribution in [0.1, 0.15) is 34.5 Å². The largest absolute Gasteiger partial charge is 0.376 e. The van der Waals surface area contributed by atoms with Crippen LogP contribution in [0.15, 0.2) is 64.2 Å². The summed E-state index contributed by atoms with van der Waals surface area (Å²) in [6.45, 7) is 2.92. The van der Waals surface area contributed by atoms with E-state index in [9.17, 15) is 14.4 Å². The fourth-order valence-electron chi connectivity index (χ4n) is 3.59. The Kier molecular flexibility index (Phi) is 6.08. The van der Waals surface area contributed by atoms with Gasteiger partial charge < -0.3 is 10.1 Å². The van der Waals surface area contributed by atoms with Crippen LogP contribution in [0.2, 0.25) is 0 Å². The lowest BCUT2D eigenvalue weighted by Gasteiger charge is -2.14. The van der Waals surface area contributed by atoms with Crippen molar-refractivity contribution >= 4 is 5.91 Å². The molecule has 1 aromatic heterocycles. The fraction of sp³-hybridized carbons (Fsp3) is 0.304. The number of nitrogens with one attached hydrogen (secondary N) is 1. The van der Waals surface area contributed by atoms with Gasteiger partial charge in [0, 0.05) is 13.2 Å². The number of nitrogens with zero attached hydrogens (tertiary/aromatic N) is 3. The molecule has 160 valence electrons. The van der Waals surface area contributed by atoms with Gasteiger partial charge in [0.05, 0.1) is 18.3 Å². The molecule has 1 aliphatic heterocycles. The molecule has 2 heterocycles. The van der Waals surface area contributed by atoms with E-state index in [1.165, 1.54) is 0 Å². The minimum absolute atomic E-state index is 0.0473. The van der Waals surface area contributed by atoms with Crippen molar-refractivity contribution in [3.8, 4) is 5.69 Å². The van der Waals surface area contributed by atoms with Gasteiger partial charge in [-0.3, -0.25) is 14.2 Å². The van der Waals surface area contributed by atoms with Crippen LogP contribution in [0.5, 0.6) is 0 Å². The van der Waals surface area contributed by atoms with Crippen LogP contribution in [-0.4, -0.2) is 39.5 Å². The zero-order chi connectivity index (χ0) is 21.8. The number of aryl methyl sites for hydroxylation is 1. The average molecular weight is 420 g/mol. The van der Waals surface area contributed by atoms with Gasteiger partial charge >= 0.3 is 5.69 Å². The van der Waals surface area contributed by atoms with E-state index in [1.54, 1.807) is 24.3 Å². The van der Waals surface area contributed by atoms with E-state index in [4.69, 9.17) is 4.74 Å². The smallest absolute Gasteiger partial charge is 0.352 e. The van der Waals surface area contributed by atoms with E-state index < -0.39 is 17.2 Å². The lowest BCUT2D eigenvalue weighted by Crippen LogP contribution is -2.46. The van der Waals surface area contributed by atoms with Gasteiger partial charge in [0.2, 0.25) is 5.69 Å². The van der Waals surface area contributed by atoms with Crippen molar-refractivity contribution in [2.45, 2.75) is 32.4 Å². The van der Waals surface area contributed by atoms with Crippen molar-refractivity contribution in [3.63, 3.8) is 0 Å². The van der Waals surface area contributed by atoms with Gasteiger partial charge in [-0.2, -0.15) is 9.78 Å². The summed E-state index contributed by atoms with van der Waals surface area (Å²) in [5.74, 6) is -0.622. The Balaban J connectivity index is 1.76. The zero-order valence-corrected chi connectivity index (χ0v) is 17.3. The van der Waals surface area contributed by atoms with Crippen molar-refractivity contribution in [3.05, 3.63) is 92.3 Å². The number of aromatic nitrogens is 3. The van der Waals surface area contributed by atoms with Crippen molar-refractivity contribution < 1.29 is 9.53 Å². The molecule has 8 heteroatoms. The minimum atomic E-state index is -0.717. The first-order valence-electron chi connectivity index (χ1n) is 10.3. The molecule has 1 N–H and O–H groups in total. The van der Waals surface area contributed by atoms with E-state index in [1.807, 2.05) is 37.3 Å². The molecule has 31 heavy (non-hydrogen) atoms. The summed E-state index contributed by atoms with van der Waals surface area (Å²) >= 11 is 0. The first-order chi connectivity index (χ1) is 15.0. The summed E-state index contributed by atoms with van der Waals surface area (Å²) in [7, 11) is 0. The highest BCUT2D eigenvalue weighted by atomic mass is 16.5. The number of ether oxygens (including phenoxy) is 1. The Hall–Kier alpha value is -3.52. The molecule has 1 atom stereocenters. The average Bonchev–Trinajstić information content (AvgIpc) is 3.31. The summed E-state index contributed by atoms with van der Waals surface area (Å²) in [5, 5.41) is 6.86. The number of carbonyl (C=O) groups excluding carboxylic acids is 1. The number of benzene rings is 2. The molecule has 0 aliphatic carbocycles. The Morgan fingerprint density at radius 1 is 1.13 bits per heavy atom. The predicted molar refractivity (Wildman–Crippen MR) is 116 cm³/mol. The van der Waals surface area contributed by atoms with Gasteiger partial charge in [-0.05, 0) is 43.0 Å². The summed E-state index contributed by atoms with van der Waals surface area (Å²) < 4.78 is 7.68. The van der Waals surface area contributed by atoms with Gasteiger partial charge in [-0.1, -0.05) is 42.5 Å². The van der Waals surface area contributed by atoms with Crippen molar-refractivity contribution in [2.75, 3.05) is 13.2 Å². The highest BCUT2D eigenvalue weighted by Gasteiger charge is 2.22. The third-order valence-electron chi connectivity index (χ3n) is 5.38. The summed E-state index contributed by atoms with van der Waals surface area (Å²) in [4.78, 5) is 39.1. The SMILES string of the molecule is Cc1ccccc1Cn1c(=O)c(C(=O)NC[C@H]2CCCO2)nn(-c2ccccc2)c1=O. The molecule has 0 spiro atoms. The van der Waals surface area contributed by atoms with Crippen LogP contribution in [0, 0.1) is 6.92 Å².